The molecule has 1 N–H and O–H groups in total. The van der Waals surface area contributed by atoms with Gasteiger partial charge in [0.05, 0.1) is 25.0 Å². The molecular weight excluding hydrogens is 322 g/mol. The summed E-state index contributed by atoms with van der Waals surface area (Å²) < 4.78 is 7.72. The maximum atomic E-state index is 10.5. The molecule has 24 heavy (non-hydrogen) atoms. The first-order valence-electron chi connectivity index (χ1n) is 8.25. The van der Waals surface area contributed by atoms with Crippen molar-refractivity contribution in [2.45, 2.75) is 25.1 Å². The van der Waals surface area contributed by atoms with E-state index in [1.165, 1.54) is 0 Å². The summed E-state index contributed by atoms with van der Waals surface area (Å²) in [5, 5.41) is 12.6. The topological polar surface area (TPSA) is 50.0 Å². The molecule has 0 spiro atoms. The second-order valence-corrected chi connectivity index (χ2v) is 7.06. The van der Waals surface area contributed by atoms with Crippen LogP contribution in [0.25, 0.3) is 4.96 Å². The highest BCUT2D eigenvalue weighted by molar-refractivity contribution is 7.15. The third kappa shape index (κ3) is 3.37. The molecule has 1 aliphatic heterocycles. The van der Waals surface area contributed by atoms with Crippen molar-refractivity contribution in [3.63, 3.8) is 0 Å². The van der Waals surface area contributed by atoms with E-state index in [1.54, 1.807) is 11.3 Å². The van der Waals surface area contributed by atoms with Gasteiger partial charge >= 0.3 is 0 Å². The van der Waals surface area contributed by atoms with Crippen LogP contribution < -0.4 is 0 Å². The fourth-order valence-corrected chi connectivity index (χ4v) is 3.96. The van der Waals surface area contributed by atoms with Gasteiger partial charge in [-0.1, -0.05) is 30.3 Å². The number of morpholine rings is 1. The average Bonchev–Trinajstić information content (AvgIpc) is 3.19. The molecule has 1 aliphatic rings. The van der Waals surface area contributed by atoms with Crippen molar-refractivity contribution in [1.29, 1.82) is 0 Å². The molecule has 2 atom stereocenters. The number of fused-ring (bicyclic) bond motifs is 1. The predicted molar refractivity (Wildman–Crippen MR) is 94.1 cm³/mol. The molecular formula is C18H21N3O2S. The molecule has 4 rings (SSSR count). The summed E-state index contributed by atoms with van der Waals surface area (Å²) in [6, 6.07) is 10.0. The Bertz CT molecular complexity index is 757. The predicted octanol–water partition coefficient (Wildman–Crippen LogP) is 2.72. The zero-order chi connectivity index (χ0) is 16.4. The number of aliphatic hydroxyl groups excluding tert-OH is 1. The molecule has 1 aromatic carbocycles. The van der Waals surface area contributed by atoms with E-state index in [1.807, 2.05) is 41.9 Å². The standard InChI is InChI=1S/C18H21N3O2S/c22-17(14-4-2-1-3-5-14)10-16-13-23-8-6-20(16)11-15-12-21-7-9-24-18(21)19-15/h1-5,7,9,12,16-17,22H,6,8,10-11,13H2. The molecule has 126 valence electrons. The summed E-state index contributed by atoms with van der Waals surface area (Å²) in [6.45, 7) is 3.06. The Morgan fingerprint density at radius 1 is 1.33 bits per heavy atom. The van der Waals surface area contributed by atoms with Gasteiger partial charge in [0.25, 0.3) is 0 Å². The Morgan fingerprint density at radius 3 is 3.04 bits per heavy atom. The number of nitrogens with zero attached hydrogens (tertiary/aromatic N) is 3. The first-order valence-corrected chi connectivity index (χ1v) is 9.13. The zero-order valence-corrected chi connectivity index (χ0v) is 14.2. The van der Waals surface area contributed by atoms with Crippen LogP contribution in [0.15, 0.2) is 48.1 Å². The fraction of sp³-hybridized carbons (Fsp3) is 0.389. The van der Waals surface area contributed by atoms with E-state index in [9.17, 15) is 5.11 Å². The number of rotatable bonds is 5. The normalized spacial score (nSPS) is 20.5. The second-order valence-electron chi connectivity index (χ2n) is 6.19. The highest BCUT2D eigenvalue weighted by atomic mass is 32.1. The van der Waals surface area contributed by atoms with Crippen LogP contribution >= 0.6 is 11.3 Å². The molecule has 5 nitrogen and oxygen atoms in total. The van der Waals surface area contributed by atoms with Crippen molar-refractivity contribution < 1.29 is 9.84 Å². The molecule has 0 amide bonds. The van der Waals surface area contributed by atoms with Gasteiger partial charge in [-0.2, -0.15) is 0 Å². The van der Waals surface area contributed by atoms with E-state index >= 15 is 0 Å². The van der Waals surface area contributed by atoms with Gasteiger partial charge in [0.15, 0.2) is 4.96 Å². The number of hydrogen-bond donors (Lipinski definition) is 1. The van der Waals surface area contributed by atoms with Gasteiger partial charge in [0, 0.05) is 36.9 Å². The summed E-state index contributed by atoms with van der Waals surface area (Å²) >= 11 is 1.65. The van der Waals surface area contributed by atoms with Crippen molar-refractivity contribution in [3.8, 4) is 0 Å². The minimum Gasteiger partial charge on any atom is -0.388 e. The van der Waals surface area contributed by atoms with Crippen LogP contribution in [0.3, 0.4) is 0 Å². The monoisotopic (exact) mass is 343 g/mol. The lowest BCUT2D eigenvalue weighted by molar-refractivity contribution is -0.0304. The summed E-state index contributed by atoms with van der Waals surface area (Å²) in [5.41, 5.74) is 2.04. The lowest BCUT2D eigenvalue weighted by Crippen LogP contribution is -2.45. The fourth-order valence-electron chi connectivity index (χ4n) is 3.24. The molecule has 0 bridgehead atoms. The van der Waals surface area contributed by atoms with Crippen molar-refractivity contribution in [1.82, 2.24) is 14.3 Å². The third-order valence-corrected chi connectivity index (χ3v) is 5.31. The van der Waals surface area contributed by atoms with Gasteiger partial charge in [0.2, 0.25) is 0 Å². The summed E-state index contributed by atoms with van der Waals surface area (Å²) in [6.07, 6.45) is 4.33. The Hall–Kier alpha value is -1.73. The number of thiazole rings is 1. The number of ether oxygens (including phenoxy) is 1. The van der Waals surface area contributed by atoms with Crippen LogP contribution in [0.2, 0.25) is 0 Å². The summed E-state index contributed by atoms with van der Waals surface area (Å²) in [5.74, 6) is 0. The van der Waals surface area contributed by atoms with Crippen LogP contribution in [-0.4, -0.2) is 45.2 Å². The Kier molecular flexibility index (Phi) is 4.62. The zero-order valence-electron chi connectivity index (χ0n) is 13.4. The molecule has 3 aromatic rings. The lowest BCUT2D eigenvalue weighted by atomic mass is 10.0. The maximum absolute atomic E-state index is 10.5. The minimum atomic E-state index is -0.467. The molecule has 0 saturated carbocycles. The van der Waals surface area contributed by atoms with Crippen molar-refractivity contribution in [2.75, 3.05) is 19.8 Å². The first kappa shape index (κ1) is 15.8. The number of aromatic nitrogens is 2. The molecule has 3 heterocycles. The quantitative estimate of drug-likeness (QED) is 0.774. The highest BCUT2D eigenvalue weighted by Gasteiger charge is 2.26. The molecule has 2 aromatic heterocycles. The minimum absolute atomic E-state index is 0.202. The van der Waals surface area contributed by atoms with E-state index in [4.69, 9.17) is 4.74 Å². The lowest BCUT2D eigenvalue weighted by Gasteiger charge is -2.36. The third-order valence-electron chi connectivity index (χ3n) is 4.54. The van der Waals surface area contributed by atoms with Crippen LogP contribution in [0.1, 0.15) is 23.8 Å². The van der Waals surface area contributed by atoms with Crippen LogP contribution in [0, 0.1) is 0 Å². The van der Waals surface area contributed by atoms with Crippen LogP contribution in [0.4, 0.5) is 0 Å². The molecule has 1 saturated heterocycles. The second kappa shape index (κ2) is 7.03. The van der Waals surface area contributed by atoms with E-state index in [-0.39, 0.29) is 6.04 Å². The SMILES string of the molecule is OC(CC1COCCN1Cc1cn2ccsc2n1)c1ccccc1. The highest BCUT2D eigenvalue weighted by Crippen LogP contribution is 2.24. The first-order chi connectivity index (χ1) is 11.8. The van der Waals surface area contributed by atoms with Crippen molar-refractivity contribution in [2.24, 2.45) is 0 Å². The molecule has 2 unspecified atom stereocenters. The Labute approximate surface area is 145 Å². The molecule has 0 aliphatic carbocycles. The van der Waals surface area contributed by atoms with Gasteiger partial charge in [0.1, 0.15) is 0 Å². The largest absolute Gasteiger partial charge is 0.388 e. The number of imidazole rings is 1. The van der Waals surface area contributed by atoms with Crippen LogP contribution in [0.5, 0.6) is 0 Å². The van der Waals surface area contributed by atoms with E-state index in [0.29, 0.717) is 13.0 Å². The molecule has 0 radical (unpaired) electrons. The number of hydrogen-bond acceptors (Lipinski definition) is 5. The van der Waals surface area contributed by atoms with E-state index in [0.717, 1.165) is 35.9 Å². The van der Waals surface area contributed by atoms with Crippen molar-refractivity contribution >= 4 is 16.3 Å². The number of aliphatic hydroxyl groups is 1. The van der Waals surface area contributed by atoms with Crippen LogP contribution in [-0.2, 0) is 11.3 Å². The van der Waals surface area contributed by atoms with E-state index < -0.39 is 6.10 Å². The molecule has 6 heteroatoms. The van der Waals surface area contributed by atoms with Gasteiger partial charge in [-0.3, -0.25) is 9.30 Å². The smallest absolute Gasteiger partial charge is 0.193 e. The van der Waals surface area contributed by atoms with E-state index in [2.05, 4.69) is 20.5 Å². The average molecular weight is 343 g/mol. The van der Waals surface area contributed by atoms with Gasteiger partial charge in [-0.25, -0.2) is 4.98 Å². The van der Waals surface area contributed by atoms with Gasteiger partial charge in [-0.05, 0) is 12.0 Å². The Morgan fingerprint density at radius 2 is 2.21 bits per heavy atom. The maximum Gasteiger partial charge on any atom is 0.193 e. The molecule has 1 fully saturated rings. The van der Waals surface area contributed by atoms with Gasteiger partial charge in [-0.15, -0.1) is 11.3 Å². The Balaban J connectivity index is 1.45. The van der Waals surface area contributed by atoms with Gasteiger partial charge < -0.3 is 9.84 Å². The number of benzene rings is 1. The summed E-state index contributed by atoms with van der Waals surface area (Å²) in [4.78, 5) is 8.08. The van der Waals surface area contributed by atoms with Crippen molar-refractivity contribution in [3.05, 3.63) is 59.4 Å². The summed E-state index contributed by atoms with van der Waals surface area (Å²) in [7, 11) is 0.